The van der Waals surface area contributed by atoms with Crippen molar-refractivity contribution in [2.45, 2.75) is 96.1 Å². The van der Waals surface area contributed by atoms with E-state index in [9.17, 15) is 4.79 Å². The van der Waals surface area contributed by atoms with Gasteiger partial charge < -0.3 is 9.16 Å². The smallest absolute Gasteiger partial charge is 0.410 e. The lowest BCUT2D eigenvalue weighted by Gasteiger charge is -2.44. The van der Waals surface area contributed by atoms with E-state index >= 15 is 0 Å². The van der Waals surface area contributed by atoms with Crippen LogP contribution in [0.25, 0.3) is 0 Å². The van der Waals surface area contributed by atoms with Crippen LogP contribution in [0.5, 0.6) is 0 Å². The second-order valence-corrected chi connectivity index (χ2v) is 15.2. The van der Waals surface area contributed by atoms with Crippen LogP contribution >= 0.6 is 0 Å². The monoisotopic (exact) mass is 429 g/mol. The van der Waals surface area contributed by atoms with Crippen LogP contribution < -0.4 is 0 Å². The van der Waals surface area contributed by atoms with Crippen molar-refractivity contribution in [3.05, 3.63) is 47.5 Å². The first-order valence-corrected chi connectivity index (χ1v) is 14.4. The standard InChI is InChI=1S/C25H39NO3Si/c1-25(2,3)30(4,5)29-16-10-13-21-17-22-14-9-15-23(18-21)26(22)24(27)28-19-20-11-7-6-8-12-20/h6-8,11-12,17,22-23H,9-10,13-16,18-19H2,1-5H3. The van der Waals surface area contributed by atoms with Crippen molar-refractivity contribution >= 4 is 14.4 Å². The fourth-order valence-corrected chi connectivity index (χ4v) is 5.31. The summed E-state index contributed by atoms with van der Waals surface area (Å²) in [4.78, 5) is 14.8. The lowest BCUT2D eigenvalue weighted by atomic mass is 9.84. The van der Waals surface area contributed by atoms with Crippen molar-refractivity contribution in [1.82, 2.24) is 4.90 Å². The summed E-state index contributed by atoms with van der Waals surface area (Å²) in [6.07, 6.45) is 8.62. The number of hydrogen-bond donors (Lipinski definition) is 0. The Morgan fingerprint density at radius 3 is 2.57 bits per heavy atom. The Balaban J connectivity index is 1.51. The highest BCUT2D eigenvalue weighted by atomic mass is 28.4. The van der Waals surface area contributed by atoms with Gasteiger partial charge in [0.05, 0.1) is 6.04 Å². The Morgan fingerprint density at radius 1 is 1.17 bits per heavy atom. The van der Waals surface area contributed by atoms with Crippen molar-refractivity contribution in [1.29, 1.82) is 0 Å². The molecule has 1 saturated heterocycles. The summed E-state index contributed by atoms with van der Waals surface area (Å²) in [7, 11) is -1.67. The average molecular weight is 430 g/mol. The van der Waals surface area contributed by atoms with Crippen LogP contribution in [0.3, 0.4) is 0 Å². The van der Waals surface area contributed by atoms with Gasteiger partial charge in [0.25, 0.3) is 0 Å². The van der Waals surface area contributed by atoms with Crippen molar-refractivity contribution < 1.29 is 14.0 Å². The van der Waals surface area contributed by atoms with Crippen molar-refractivity contribution in [3.63, 3.8) is 0 Å². The van der Waals surface area contributed by atoms with E-state index in [0.717, 1.165) is 44.3 Å². The minimum absolute atomic E-state index is 0.162. The summed E-state index contributed by atoms with van der Waals surface area (Å²) in [6.45, 7) is 12.7. The van der Waals surface area contributed by atoms with Crippen LogP contribution in [-0.2, 0) is 15.8 Å². The minimum atomic E-state index is -1.67. The van der Waals surface area contributed by atoms with E-state index in [2.05, 4.69) is 39.9 Å². The first-order chi connectivity index (χ1) is 14.2. The SMILES string of the molecule is CC(C)(C)[Si](C)(C)OCCCC1=CC2CCCC(C1)N2C(=O)OCc1ccccc1. The zero-order valence-electron chi connectivity index (χ0n) is 19.4. The third kappa shape index (κ3) is 5.76. The number of carbonyl (C=O) groups excluding carboxylic acids is 1. The Bertz CT molecular complexity index is 739. The molecule has 4 nitrogen and oxygen atoms in total. The summed E-state index contributed by atoms with van der Waals surface area (Å²) in [5.74, 6) is 0. The summed E-state index contributed by atoms with van der Waals surface area (Å²) >= 11 is 0. The van der Waals surface area contributed by atoms with Gasteiger partial charge in [-0.05, 0) is 62.2 Å². The maximum absolute atomic E-state index is 12.8. The number of nitrogens with zero attached hydrogens (tertiary/aromatic N) is 1. The highest BCUT2D eigenvalue weighted by Crippen LogP contribution is 2.37. The molecule has 1 amide bonds. The molecule has 0 saturated carbocycles. The average Bonchev–Trinajstić information content (AvgIpc) is 2.68. The summed E-state index contributed by atoms with van der Waals surface area (Å²) in [6, 6.07) is 10.4. The van der Waals surface area contributed by atoms with Gasteiger partial charge in [-0.1, -0.05) is 62.8 Å². The van der Waals surface area contributed by atoms with Crippen LogP contribution in [-0.4, -0.2) is 38.0 Å². The topological polar surface area (TPSA) is 38.8 Å². The fourth-order valence-electron chi connectivity index (χ4n) is 4.23. The van der Waals surface area contributed by atoms with Gasteiger partial charge in [-0.15, -0.1) is 0 Å². The predicted octanol–water partition coefficient (Wildman–Crippen LogP) is 6.68. The molecule has 0 N–H and O–H groups in total. The molecule has 0 aliphatic carbocycles. The van der Waals surface area contributed by atoms with Crippen LogP contribution in [0.15, 0.2) is 42.0 Å². The molecular weight excluding hydrogens is 390 g/mol. The maximum atomic E-state index is 12.8. The first kappa shape index (κ1) is 23.1. The van der Waals surface area contributed by atoms with E-state index in [1.165, 1.54) is 12.0 Å². The largest absolute Gasteiger partial charge is 0.445 e. The molecular formula is C25H39NO3Si. The highest BCUT2D eigenvalue weighted by Gasteiger charge is 2.38. The van der Waals surface area contributed by atoms with E-state index in [0.29, 0.717) is 6.61 Å². The van der Waals surface area contributed by atoms with Crippen molar-refractivity contribution in [2.75, 3.05) is 6.61 Å². The Morgan fingerprint density at radius 2 is 1.90 bits per heavy atom. The van der Waals surface area contributed by atoms with Gasteiger partial charge in [-0.3, -0.25) is 4.90 Å². The van der Waals surface area contributed by atoms with Crippen LogP contribution in [0.1, 0.15) is 64.9 Å². The number of amides is 1. The van der Waals surface area contributed by atoms with E-state index in [1.54, 1.807) is 0 Å². The second kappa shape index (κ2) is 9.69. The van der Waals surface area contributed by atoms with Gasteiger partial charge >= 0.3 is 6.09 Å². The minimum Gasteiger partial charge on any atom is -0.445 e. The van der Waals surface area contributed by atoms with E-state index in [4.69, 9.17) is 9.16 Å². The zero-order chi connectivity index (χ0) is 21.8. The number of piperidine rings is 1. The third-order valence-electron chi connectivity index (χ3n) is 7.04. The molecule has 2 atom stereocenters. The number of benzene rings is 1. The lowest BCUT2D eigenvalue weighted by Crippen LogP contribution is -2.51. The quantitative estimate of drug-likeness (QED) is 0.276. The molecule has 166 valence electrons. The molecule has 2 bridgehead atoms. The summed E-state index contributed by atoms with van der Waals surface area (Å²) in [5, 5.41) is 0.259. The molecule has 3 rings (SSSR count). The number of ether oxygens (including phenoxy) is 1. The Labute approximate surface area is 183 Å². The highest BCUT2D eigenvalue weighted by molar-refractivity contribution is 6.74. The van der Waals surface area contributed by atoms with Crippen LogP contribution in [0, 0.1) is 0 Å². The molecule has 2 aliphatic heterocycles. The normalized spacial score (nSPS) is 21.9. The van der Waals surface area contributed by atoms with Crippen molar-refractivity contribution in [2.24, 2.45) is 0 Å². The van der Waals surface area contributed by atoms with E-state index in [1.807, 2.05) is 35.2 Å². The number of carbonyl (C=O) groups is 1. The summed E-state index contributed by atoms with van der Waals surface area (Å²) in [5.41, 5.74) is 2.53. The second-order valence-electron chi connectivity index (χ2n) is 10.3. The molecule has 0 radical (unpaired) electrons. The molecule has 1 aromatic rings. The zero-order valence-corrected chi connectivity index (χ0v) is 20.4. The molecule has 0 spiro atoms. The number of rotatable bonds is 7. The van der Waals surface area contributed by atoms with Crippen LogP contribution in [0.4, 0.5) is 4.79 Å². The molecule has 5 heteroatoms. The molecule has 2 unspecified atom stereocenters. The van der Waals surface area contributed by atoms with Gasteiger partial charge in [0.1, 0.15) is 6.61 Å². The molecule has 1 aromatic carbocycles. The maximum Gasteiger partial charge on any atom is 0.410 e. The lowest BCUT2D eigenvalue weighted by molar-refractivity contribution is 0.0478. The fraction of sp³-hybridized carbons (Fsp3) is 0.640. The van der Waals surface area contributed by atoms with Crippen molar-refractivity contribution in [3.8, 4) is 0 Å². The van der Waals surface area contributed by atoms with Gasteiger partial charge in [-0.2, -0.15) is 0 Å². The Kier molecular flexibility index (Phi) is 7.46. The predicted molar refractivity (Wildman–Crippen MR) is 125 cm³/mol. The molecule has 0 aromatic heterocycles. The molecule has 30 heavy (non-hydrogen) atoms. The summed E-state index contributed by atoms with van der Waals surface area (Å²) < 4.78 is 12.0. The van der Waals surface area contributed by atoms with Gasteiger partial charge in [0.15, 0.2) is 8.32 Å². The Hall–Kier alpha value is -1.59. The number of hydrogen-bond acceptors (Lipinski definition) is 3. The van der Waals surface area contributed by atoms with Crippen LogP contribution in [0.2, 0.25) is 18.1 Å². The van der Waals surface area contributed by atoms with Gasteiger partial charge in [-0.25, -0.2) is 4.79 Å². The van der Waals surface area contributed by atoms with E-state index < -0.39 is 8.32 Å². The number of fused-ring (bicyclic) bond motifs is 2. The molecule has 2 aliphatic rings. The van der Waals surface area contributed by atoms with Gasteiger partial charge in [0.2, 0.25) is 0 Å². The molecule has 1 fully saturated rings. The van der Waals surface area contributed by atoms with Gasteiger partial charge in [0, 0.05) is 12.6 Å². The van der Waals surface area contributed by atoms with E-state index in [-0.39, 0.29) is 23.2 Å². The third-order valence-corrected chi connectivity index (χ3v) is 11.6. The molecule has 2 heterocycles. The first-order valence-electron chi connectivity index (χ1n) is 11.5.